The summed E-state index contributed by atoms with van der Waals surface area (Å²) in [6, 6.07) is 6.01. The smallest absolute Gasteiger partial charge is 0.377 e. The molecule has 1 fully saturated rings. The van der Waals surface area contributed by atoms with Crippen LogP contribution in [0.15, 0.2) is 36.1 Å². The second-order valence-electron chi connectivity index (χ2n) is 5.05. The fraction of sp³-hybridized carbons (Fsp3) is 0.333. The number of halogens is 1. The molecule has 6 nitrogen and oxygen atoms in total. The topological polar surface area (TPSA) is 65.1 Å². The highest BCUT2D eigenvalue weighted by atomic mass is 19.1. The van der Waals surface area contributed by atoms with Gasteiger partial charge < -0.3 is 9.47 Å². The predicted molar refractivity (Wildman–Crippen MR) is 73.3 cm³/mol. The molecule has 0 N–H and O–H groups in total. The highest BCUT2D eigenvalue weighted by molar-refractivity contribution is 5.97. The lowest BCUT2D eigenvalue weighted by Crippen LogP contribution is -2.29. The summed E-state index contributed by atoms with van der Waals surface area (Å²) in [5, 5.41) is 0.910. The number of hydroxylamine groups is 2. The van der Waals surface area contributed by atoms with Crippen LogP contribution in [0.5, 0.6) is 0 Å². The minimum Gasteiger partial charge on any atom is -0.445 e. The Morgan fingerprint density at radius 3 is 2.59 bits per heavy atom. The number of carbonyl (C=O) groups excluding carboxylic acids is 2. The molecule has 7 heteroatoms. The number of hydrogen-bond donors (Lipinski definition) is 0. The molecular formula is C15H16FNO5. The molecule has 118 valence electrons. The standard InChI is InChI=1S/C15H16FNO5/c1-15(2)21-12(14(19)22-15)8-13(18)17(20-3)9-10-6-4-5-7-11(10)16/h4-8H,9H2,1-3H3/b12-8-. The molecule has 22 heavy (non-hydrogen) atoms. The van der Waals surface area contributed by atoms with Gasteiger partial charge in [0.05, 0.1) is 19.7 Å². The van der Waals surface area contributed by atoms with E-state index in [2.05, 4.69) is 0 Å². The zero-order valence-corrected chi connectivity index (χ0v) is 12.5. The molecule has 2 rings (SSSR count). The van der Waals surface area contributed by atoms with Crippen molar-refractivity contribution in [3.8, 4) is 0 Å². The van der Waals surface area contributed by atoms with E-state index in [1.807, 2.05) is 0 Å². The summed E-state index contributed by atoms with van der Waals surface area (Å²) < 4.78 is 23.7. The molecule has 0 radical (unpaired) electrons. The Bertz CT molecular complexity index is 626. The lowest BCUT2D eigenvalue weighted by molar-refractivity contribution is -0.173. The zero-order chi connectivity index (χ0) is 16.3. The van der Waals surface area contributed by atoms with E-state index >= 15 is 0 Å². The zero-order valence-electron chi connectivity index (χ0n) is 12.5. The van der Waals surface area contributed by atoms with Gasteiger partial charge >= 0.3 is 5.97 Å². The Balaban J connectivity index is 2.13. The van der Waals surface area contributed by atoms with Crippen LogP contribution in [0.2, 0.25) is 0 Å². The Morgan fingerprint density at radius 2 is 2.05 bits per heavy atom. The molecule has 0 atom stereocenters. The Morgan fingerprint density at radius 1 is 1.36 bits per heavy atom. The van der Waals surface area contributed by atoms with Gasteiger partial charge in [-0.15, -0.1) is 0 Å². The fourth-order valence-corrected chi connectivity index (χ4v) is 1.89. The SMILES string of the molecule is CON(Cc1ccccc1F)C(=O)/C=C1\OC(C)(C)OC1=O. The second kappa shape index (κ2) is 6.15. The monoisotopic (exact) mass is 309 g/mol. The fourth-order valence-electron chi connectivity index (χ4n) is 1.89. The highest BCUT2D eigenvalue weighted by Gasteiger charge is 2.38. The van der Waals surface area contributed by atoms with Gasteiger partial charge in [-0.25, -0.2) is 14.2 Å². The van der Waals surface area contributed by atoms with Gasteiger partial charge in [-0.1, -0.05) is 18.2 Å². The van der Waals surface area contributed by atoms with Gasteiger partial charge in [0, 0.05) is 19.4 Å². The van der Waals surface area contributed by atoms with Gasteiger partial charge in [0.15, 0.2) is 0 Å². The minimum absolute atomic E-state index is 0.107. The summed E-state index contributed by atoms with van der Waals surface area (Å²) in [4.78, 5) is 28.6. The average molecular weight is 309 g/mol. The number of ether oxygens (including phenoxy) is 2. The van der Waals surface area contributed by atoms with E-state index in [1.54, 1.807) is 26.0 Å². The third-order valence-electron chi connectivity index (χ3n) is 2.89. The molecule has 0 aromatic heterocycles. The van der Waals surface area contributed by atoms with E-state index in [-0.39, 0.29) is 17.9 Å². The molecule has 1 aliphatic heterocycles. The van der Waals surface area contributed by atoms with Gasteiger partial charge in [0.25, 0.3) is 5.91 Å². The molecule has 1 saturated heterocycles. The second-order valence-corrected chi connectivity index (χ2v) is 5.05. The molecular weight excluding hydrogens is 293 g/mol. The van der Waals surface area contributed by atoms with Crippen LogP contribution in [0.3, 0.4) is 0 Å². The van der Waals surface area contributed by atoms with E-state index in [4.69, 9.17) is 14.3 Å². The number of rotatable bonds is 4. The summed E-state index contributed by atoms with van der Waals surface area (Å²) in [6.45, 7) is 2.98. The van der Waals surface area contributed by atoms with E-state index in [0.29, 0.717) is 0 Å². The van der Waals surface area contributed by atoms with E-state index < -0.39 is 23.5 Å². The maximum absolute atomic E-state index is 13.6. The number of benzene rings is 1. The summed E-state index contributed by atoms with van der Waals surface area (Å²) in [7, 11) is 1.27. The van der Waals surface area contributed by atoms with Crippen LogP contribution in [0, 0.1) is 5.82 Å². The van der Waals surface area contributed by atoms with Gasteiger partial charge in [-0.05, 0) is 6.07 Å². The predicted octanol–water partition coefficient (Wildman–Crippen LogP) is 1.91. The van der Waals surface area contributed by atoms with Gasteiger partial charge in [0.2, 0.25) is 11.5 Å². The number of carbonyl (C=O) groups is 2. The Labute approximate surface area is 127 Å². The molecule has 0 saturated carbocycles. The molecule has 1 aliphatic rings. The number of esters is 1. The lowest BCUT2D eigenvalue weighted by atomic mass is 10.2. The quantitative estimate of drug-likeness (QED) is 0.483. The molecule has 0 aliphatic carbocycles. The molecule has 1 heterocycles. The first-order valence-electron chi connectivity index (χ1n) is 6.55. The van der Waals surface area contributed by atoms with E-state index in [9.17, 15) is 14.0 Å². The van der Waals surface area contributed by atoms with Crippen LogP contribution in [0.1, 0.15) is 19.4 Å². The summed E-state index contributed by atoms with van der Waals surface area (Å²) in [5.74, 6) is -3.18. The average Bonchev–Trinajstić information content (AvgIpc) is 2.70. The van der Waals surface area contributed by atoms with Crippen molar-refractivity contribution >= 4 is 11.9 Å². The molecule has 0 spiro atoms. The van der Waals surface area contributed by atoms with Crippen molar-refractivity contribution < 1.29 is 28.3 Å². The largest absolute Gasteiger partial charge is 0.445 e. The van der Waals surface area contributed by atoms with E-state index in [1.165, 1.54) is 19.2 Å². The van der Waals surface area contributed by atoms with Crippen LogP contribution in [-0.2, 0) is 30.4 Å². The van der Waals surface area contributed by atoms with Gasteiger partial charge in [0.1, 0.15) is 5.82 Å². The van der Waals surface area contributed by atoms with Gasteiger partial charge in [-0.2, -0.15) is 0 Å². The Kier molecular flexibility index (Phi) is 4.46. The van der Waals surface area contributed by atoms with Crippen molar-refractivity contribution in [2.24, 2.45) is 0 Å². The van der Waals surface area contributed by atoms with Crippen LogP contribution < -0.4 is 0 Å². The molecule has 1 amide bonds. The molecule has 1 aromatic carbocycles. The highest BCUT2D eigenvalue weighted by Crippen LogP contribution is 2.26. The number of cyclic esters (lactones) is 1. The third-order valence-corrected chi connectivity index (χ3v) is 2.89. The van der Waals surface area contributed by atoms with Crippen LogP contribution >= 0.6 is 0 Å². The first kappa shape index (κ1) is 16.0. The number of nitrogens with zero attached hydrogens (tertiary/aromatic N) is 1. The molecule has 0 bridgehead atoms. The minimum atomic E-state index is -1.12. The Hall–Kier alpha value is -2.41. The van der Waals surface area contributed by atoms with Gasteiger partial charge in [-0.3, -0.25) is 9.63 Å². The lowest BCUT2D eigenvalue weighted by Gasteiger charge is -2.18. The number of amides is 1. The maximum atomic E-state index is 13.6. The van der Waals surface area contributed by atoms with Crippen LogP contribution in [0.25, 0.3) is 0 Å². The first-order chi connectivity index (χ1) is 10.3. The normalized spacial score (nSPS) is 18.0. The number of hydrogen-bond acceptors (Lipinski definition) is 5. The van der Waals surface area contributed by atoms with Crippen molar-refractivity contribution in [3.05, 3.63) is 47.5 Å². The molecule has 1 aromatic rings. The summed E-state index contributed by atoms with van der Waals surface area (Å²) >= 11 is 0. The summed E-state index contributed by atoms with van der Waals surface area (Å²) in [6.07, 6.45) is 0.960. The first-order valence-corrected chi connectivity index (χ1v) is 6.55. The van der Waals surface area contributed by atoms with Crippen molar-refractivity contribution in [1.82, 2.24) is 5.06 Å². The molecule has 0 unspecified atom stereocenters. The van der Waals surface area contributed by atoms with Crippen molar-refractivity contribution in [1.29, 1.82) is 0 Å². The van der Waals surface area contributed by atoms with Crippen LogP contribution in [0.4, 0.5) is 4.39 Å². The maximum Gasteiger partial charge on any atom is 0.377 e. The third kappa shape index (κ3) is 3.62. The summed E-state index contributed by atoms with van der Waals surface area (Å²) in [5.41, 5.74) is 0.284. The van der Waals surface area contributed by atoms with E-state index in [0.717, 1.165) is 11.1 Å². The van der Waals surface area contributed by atoms with Crippen LogP contribution in [-0.4, -0.2) is 29.8 Å². The van der Waals surface area contributed by atoms with Crippen molar-refractivity contribution in [2.45, 2.75) is 26.2 Å². The van der Waals surface area contributed by atoms with Crippen molar-refractivity contribution in [3.63, 3.8) is 0 Å². The van der Waals surface area contributed by atoms with Crippen molar-refractivity contribution in [2.75, 3.05) is 7.11 Å².